The number of amides is 1. The molecule has 3 aromatic rings. The highest BCUT2D eigenvalue weighted by Gasteiger charge is 2.13. The van der Waals surface area contributed by atoms with E-state index < -0.39 is 10.8 Å². The van der Waals surface area contributed by atoms with E-state index >= 15 is 0 Å². The number of nitro benzene ring substituents is 1. The van der Waals surface area contributed by atoms with Crippen LogP contribution in [0.25, 0.3) is 11.3 Å². The lowest BCUT2D eigenvalue weighted by Crippen LogP contribution is -2.19. The minimum atomic E-state index is -0.543. The van der Waals surface area contributed by atoms with Crippen molar-refractivity contribution in [1.29, 1.82) is 0 Å². The molecule has 0 spiro atoms. The topological polar surface area (TPSA) is 139 Å². The van der Waals surface area contributed by atoms with Crippen LogP contribution in [-0.2, 0) is 0 Å². The summed E-state index contributed by atoms with van der Waals surface area (Å²) in [5.41, 5.74) is 2.89. The first-order valence-corrected chi connectivity index (χ1v) is 7.57. The van der Waals surface area contributed by atoms with Gasteiger partial charge in [0.25, 0.3) is 5.69 Å². The molecule has 10 nitrogen and oxygen atoms in total. The second-order valence-electron chi connectivity index (χ2n) is 4.66. The molecule has 1 aromatic carbocycles. The largest absolute Gasteiger partial charge is 0.455 e. The number of non-ortho nitro benzene ring substituents is 1. The second-order valence-corrected chi connectivity index (χ2v) is 5.51. The molecule has 0 unspecified atom stereocenters. The van der Waals surface area contributed by atoms with Gasteiger partial charge in [-0.25, -0.2) is 10.4 Å². The Morgan fingerprint density at radius 1 is 1.40 bits per heavy atom. The number of benzene rings is 1. The fraction of sp³-hybridized carbons (Fsp3) is 0. The van der Waals surface area contributed by atoms with Crippen LogP contribution in [0.1, 0.15) is 16.4 Å². The summed E-state index contributed by atoms with van der Waals surface area (Å²) in [4.78, 5) is 25.6. The first-order valence-electron chi connectivity index (χ1n) is 6.77. The summed E-state index contributed by atoms with van der Waals surface area (Å²) in [6.45, 7) is 0. The fourth-order valence-electron chi connectivity index (χ4n) is 1.91. The highest BCUT2D eigenvalue weighted by atomic mass is 79.9. The summed E-state index contributed by atoms with van der Waals surface area (Å²) in [6, 6.07) is 7.68. The molecule has 0 bridgehead atoms. The maximum absolute atomic E-state index is 11.6. The van der Waals surface area contributed by atoms with Gasteiger partial charge in [0.1, 0.15) is 17.8 Å². The summed E-state index contributed by atoms with van der Waals surface area (Å²) in [5.74, 6) is 0.369. The number of hydrogen-bond acceptors (Lipinski definition) is 7. The summed E-state index contributed by atoms with van der Waals surface area (Å²) in [7, 11) is 0. The number of H-pyrrole nitrogens is 1. The van der Waals surface area contributed by atoms with Crippen molar-refractivity contribution in [2.24, 2.45) is 5.10 Å². The molecule has 126 valence electrons. The van der Waals surface area contributed by atoms with E-state index in [0.717, 1.165) is 0 Å². The molecule has 0 aliphatic heterocycles. The van der Waals surface area contributed by atoms with E-state index in [1.54, 1.807) is 18.2 Å². The predicted molar refractivity (Wildman–Crippen MR) is 89.9 cm³/mol. The second kappa shape index (κ2) is 7.05. The Balaban J connectivity index is 1.71. The van der Waals surface area contributed by atoms with Crippen LogP contribution >= 0.6 is 15.9 Å². The monoisotopic (exact) mass is 404 g/mol. The van der Waals surface area contributed by atoms with Crippen LogP contribution < -0.4 is 5.43 Å². The van der Waals surface area contributed by atoms with Gasteiger partial charge >= 0.3 is 5.91 Å². The summed E-state index contributed by atoms with van der Waals surface area (Å²) < 4.78 is 6.11. The average Bonchev–Trinajstić information content (AvgIpc) is 3.26. The summed E-state index contributed by atoms with van der Waals surface area (Å²) in [6.07, 6.45) is 2.52. The van der Waals surface area contributed by atoms with Gasteiger partial charge in [-0.1, -0.05) is 0 Å². The number of aromatic nitrogens is 3. The molecule has 0 atom stereocenters. The van der Waals surface area contributed by atoms with E-state index in [4.69, 9.17) is 4.42 Å². The number of furan rings is 1. The van der Waals surface area contributed by atoms with Gasteiger partial charge in [0.2, 0.25) is 5.82 Å². The number of nitro groups is 1. The molecule has 2 aromatic heterocycles. The normalized spacial score (nSPS) is 10.9. The van der Waals surface area contributed by atoms with E-state index in [1.807, 2.05) is 0 Å². The highest BCUT2D eigenvalue weighted by molar-refractivity contribution is 9.10. The maximum Gasteiger partial charge on any atom is 0.308 e. The van der Waals surface area contributed by atoms with Gasteiger partial charge < -0.3 is 4.42 Å². The maximum atomic E-state index is 11.6. The Bertz CT molecular complexity index is 950. The highest BCUT2D eigenvalue weighted by Crippen LogP contribution is 2.32. The van der Waals surface area contributed by atoms with Crippen molar-refractivity contribution >= 4 is 33.7 Å². The molecule has 0 radical (unpaired) electrons. The van der Waals surface area contributed by atoms with Crippen molar-refractivity contribution in [2.75, 3.05) is 0 Å². The molecule has 1 amide bonds. The first-order chi connectivity index (χ1) is 12.0. The number of carbonyl (C=O) groups is 1. The number of rotatable bonds is 5. The third-order valence-electron chi connectivity index (χ3n) is 3.04. The van der Waals surface area contributed by atoms with Gasteiger partial charge in [0.05, 0.1) is 11.1 Å². The lowest BCUT2D eigenvalue weighted by Gasteiger charge is -2.00. The third-order valence-corrected chi connectivity index (χ3v) is 3.70. The lowest BCUT2D eigenvalue weighted by molar-refractivity contribution is -0.384. The fourth-order valence-corrected chi connectivity index (χ4v) is 2.47. The van der Waals surface area contributed by atoms with E-state index in [9.17, 15) is 14.9 Å². The molecule has 3 rings (SSSR count). The van der Waals surface area contributed by atoms with Crippen LogP contribution in [0.2, 0.25) is 0 Å². The van der Waals surface area contributed by atoms with Crippen molar-refractivity contribution in [2.45, 2.75) is 0 Å². The number of halogens is 1. The molecule has 0 aliphatic carbocycles. The minimum Gasteiger partial charge on any atom is -0.455 e. The van der Waals surface area contributed by atoms with Crippen molar-refractivity contribution in [3.63, 3.8) is 0 Å². The molecule has 0 saturated heterocycles. The van der Waals surface area contributed by atoms with E-state index in [0.29, 0.717) is 21.6 Å². The Morgan fingerprint density at radius 2 is 2.24 bits per heavy atom. The Labute approximate surface area is 148 Å². The molecule has 25 heavy (non-hydrogen) atoms. The third kappa shape index (κ3) is 3.77. The number of carbonyl (C=O) groups excluding carboxylic acids is 1. The molecule has 0 saturated carbocycles. The van der Waals surface area contributed by atoms with Gasteiger partial charge in [0.15, 0.2) is 0 Å². The Kier molecular flexibility index (Phi) is 4.66. The van der Waals surface area contributed by atoms with Crippen molar-refractivity contribution in [3.8, 4) is 11.3 Å². The molecule has 2 heterocycles. The molecule has 0 fully saturated rings. The standard InChI is InChI=1S/C14H9BrN6O4/c15-11-5-8(21(23)24)1-3-10(11)12-4-2-9(25-12)6-17-20-14(22)13-16-7-18-19-13/h1-7H,(H,20,22)(H,16,18,19)/b17-6-. The zero-order chi connectivity index (χ0) is 17.8. The number of hydrazone groups is 1. The number of hydrogen-bond donors (Lipinski definition) is 2. The Morgan fingerprint density at radius 3 is 2.92 bits per heavy atom. The SMILES string of the molecule is O=C(N/N=C\c1ccc(-c2ccc([N+](=O)[O-])cc2Br)o1)c1ncn[nH]1. The summed E-state index contributed by atoms with van der Waals surface area (Å²) in [5, 5.41) is 20.5. The van der Waals surface area contributed by atoms with Crippen LogP contribution in [-0.4, -0.2) is 32.2 Å². The van der Waals surface area contributed by atoms with Gasteiger partial charge in [-0.3, -0.25) is 20.0 Å². The van der Waals surface area contributed by atoms with Crippen LogP contribution in [0.3, 0.4) is 0 Å². The number of nitrogens with one attached hydrogen (secondary N) is 2. The molecule has 2 N–H and O–H groups in total. The van der Waals surface area contributed by atoms with Crippen molar-refractivity contribution in [3.05, 3.63) is 62.8 Å². The zero-order valence-electron chi connectivity index (χ0n) is 12.3. The average molecular weight is 405 g/mol. The first kappa shape index (κ1) is 16.5. The predicted octanol–water partition coefficient (Wildman–Crippen LogP) is 2.50. The number of nitrogens with zero attached hydrogens (tertiary/aromatic N) is 4. The van der Waals surface area contributed by atoms with Crippen LogP contribution in [0.15, 0.2) is 50.7 Å². The van der Waals surface area contributed by atoms with E-state index in [1.165, 1.54) is 24.7 Å². The molecule has 11 heteroatoms. The Hall–Kier alpha value is -3.34. The molecule has 0 aliphatic rings. The van der Waals surface area contributed by atoms with Gasteiger partial charge in [0, 0.05) is 22.2 Å². The van der Waals surface area contributed by atoms with Gasteiger partial charge in [-0.05, 0) is 34.1 Å². The van der Waals surface area contributed by atoms with Crippen LogP contribution in [0.4, 0.5) is 5.69 Å². The van der Waals surface area contributed by atoms with Gasteiger partial charge in [-0.2, -0.15) is 10.2 Å². The van der Waals surface area contributed by atoms with E-state index in [-0.39, 0.29) is 11.5 Å². The van der Waals surface area contributed by atoms with E-state index in [2.05, 4.69) is 41.6 Å². The molecular formula is C14H9BrN6O4. The van der Waals surface area contributed by atoms with Crippen molar-refractivity contribution < 1.29 is 14.1 Å². The lowest BCUT2D eigenvalue weighted by atomic mass is 10.1. The van der Waals surface area contributed by atoms with Gasteiger partial charge in [-0.15, -0.1) is 0 Å². The quantitative estimate of drug-likeness (QED) is 0.380. The zero-order valence-corrected chi connectivity index (χ0v) is 13.9. The minimum absolute atomic E-state index is 0.0286. The van der Waals surface area contributed by atoms with Crippen LogP contribution in [0.5, 0.6) is 0 Å². The van der Waals surface area contributed by atoms with Crippen molar-refractivity contribution in [1.82, 2.24) is 20.6 Å². The molecular weight excluding hydrogens is 396 g/mol. The van der Waals surface area contributed by atoms with Crippen LogP contribution in [0, 0.1) is 10.1 Å². The smallest absolute Gasteiger partial charge is 0.308 e. The number of aromatic amines is 1. The summed E-state index contributed by atoms with van der Waals surface area (Å²) >= 11 is 3.28.